The summed E-state index contributed by atoms with van der Waals surface area (Å²) in [4.78, 5) is 18.5. The van der Waals surface area contributed by atoms with E-state index >= 15 is 0 Å². The molecule has 0 saturated carbocycles. The Balaban J connectivity index is 1.29. The van der Waals surface area contributed by atoms with Gasteiger partial charge >= 0.3 is 12.5 Å². The first-order valence-electron chi connectivity index (χ1n) is 12.6. The normalized spacial score (nSPS) is 16.1. The summed E-state index contributed by atoms with van der Waals surface area (Å²) in [6, 6.07) is 16.3. The molecule has 2 heterocycles. The summed E-state index contributed by atoms with van der Waals surface area (Å²) in [5.41, 5.74) is 1.83. The van der Waals surface area contributed by atoms with Crippen molar-refractivity contribution in [2.75, 3.05) is 37.6 Å². The summed E-state index contributed by atoms with van der Waals surface area (Å²) >= 11 is 0. The van der Waals surface area contributed by atoms with E-state index in [0.29, 0.717) is 44.8 Å². The van der Waals surface area contributed by atoms with Crippen LogP contribution in [0.25, 0.3) is 6.08 Å². The van der Waals surface area contributed by atoms with Gasteiger partial charge in [0.05, 0.1) is 11.3 Å². The number of carbonyl (C=O) groups excluding carboxylic acids is 1. The second-order valence-electron chi connectivity index (χ2n) is 9.57. The summed E-state index contributed by atoms with van der Waals surface area (Å²) in [7, 11) is 0. The van der Waals surface area contributed by atoms with Gasteiger partial charge in [-0.3, -0.25) is 9.69 Å². The third kappa shape index (κ3) is 6.25. The van der Waals surface area contributed by atoms with Gasteiger partial charge in [-0.15, -0.1) is 13.2 Å². The van der Waals surface area contributed by atoms with Crippen molar-refractivity contribution < 1.29 is 35.9 Å². The topological polar surface area (TPSA) is 36.0 Å². The van der Waals surface area contributed by atoms with Gasteiger partial charge in [0, 0.05) is 50.5 Å². The Bertz CT molecular complexity index is 1390. The van der Waals surface area contributed by atoms with Crippen LogP contribution in [0.1, 0.15) is 27.0 Å². The lowest BCUT2D eigenvalue weighted by molar-refractivity contribution is -0.274. The van der Waals surface area contributed by atoms with Gasteiger partial charge in [0.25, 0.3) is 5.91 Å². The average Bonchev–Trinajstić information content (AvgIpc) is 2.92. The summed E-state index contributed by atoms with van der Waals surface area (Å²) < 4.78 is 82.9. The Labute approximate surface area is 226 Å². The quantitative estimate of drug-likeness (QED) is 0.324. The minimum absolute atomic E-state index is 0.0695. The van der Waals surface area contributed by atoms with E-state index in [9.17, 15) is 31.1 Å². The van der Waals surface area contributed by atoms with Gasteiger partial charge in [0.15, 0.2) is 5.75 Å². The molecule has 0 spiro atoms. The minimum Gasteiger partial charge on any atom is -0.404 e. The maximum Gasteiger partial charge on any atom is 0.573 e. The number of anilines is 2. The minimum atomic E-state index is -4.95. The summed E-state index contributed by atoms with van der Waals surface area (Å²) in [6.45, 7) is 2.33. The summed E-state index contributed by atoms with van der Waals surface area (Å²) in [5.74, 6) is -0.893. The average molecular weight is 562 g/mol. The van der Waals surface area contributed by atoms with Crippen LogP contribution >= 0.6 is 0 Å². The van der Waals surface area contributed by atoms with E-state index in [4.69, 9.17) is 0 Å². The van der Waals surface area contributed by atoms with Crippen LogP contribution in [0.3, 0.4) is 0 Å². The van der Waals surface area contributed by atoms with Gasteiger partial charge in [0.2, 0.25) is 0 Å². The van der Waals surface area contributed by atoms with Crippen molar-refractivity contribution in [2.45, 2.75) is 19.1 Å². The molecule has 3 aromatic carbocycles. The molecule has 0 aliphatic carbocycles. The molecule has 2 aliphatic heterocycles. The Morgan fingerprint density at radius 2 is 1.52 bits per heavy atom. The maximum absolute atomic E-state index is 13.4. The van der Waals surface area contributed by atoms with Crippen molar-refractivity contribution in [1.82, 2.24) is 9.80 Å². The van der Waals surface area contributed by atoms with E-state index in [1.807, 2.05) is 29.2 Å². The van der Waals surface area contributed by atoms with Crippen molar-refractivity contribution in [2.24, 2.45) is 0 Å². The molecule has 0 unspecified atom stereocenters. The number of rotatable bonds is 5. The lowest BCUT2D eigenvalue weighted by atomic mass is 10.1. The van der Waals surface area contributed by atoms with Gasteiger partial charge in [-0.2, -0.15) is 13.2 Å². The predicted octanol–water partition coefficient (Wildman–Crippen LogP) is 6.73. The molecular formula is C29H25F6N3O2. The molecular weight excluding hydrogens is 536 g/mol. The van der Waals surface area contributed by atoms with Gasteiger partial charge in [-0.05, 0) is 47.5 Å². The van der Waals surface area contributed by atoms with E-state index in [-0.39, 0.29) is 11.3 Å². The first-order valence-corrected chi connectivity index (χ1v) is 12.6. The maximum atomic E-state index is 13.4. The molecule has 1 saturated heterocycles. The monoisotopic (exact) mass is 561 g/mol. The first-order chi connectivity index (χ1) is 19.0. The van der Waals surface area contributed by atoms with Crippen molar-refractivity contribution in [1.29, 1.82) is 0 Å². The zero-order valence-corrected chi connectivity index (χ0v) is 21.2. The second kappa shape index (κ2) is 10.9. The number of carbonyl (C=O) groups is 1. The highest BCUT2D eigenvalue weighted by atomic mass is 19.4. The fraction of sp³-hybridized carbons (Fsp3) is 0.276. The lowest BCUT2D eigenvalue weighted by Gasteiger charge is -2.35. The number of hydrogen-bond donors (Lipinski definition) is 0. The zero-order chi connectivity index (χ0) is 28.5. The van der Waals surface area contributed by atoms with Crippen LogP contribution in [-0.4, -0.2) is 54.8 Å². The molecule has 1 amide bonds. The number of nitrogens with zero attached hydrogens (tertiary/aromatic N) is 3. The van der Waals surface area contributed by atoms with Gasteiger partial charge in [-0.25, -0.2) is 0 Å². The number of ether oxygens (including phenoxy) is 1. The number of alkyl halides is 6. The summed E-state index contributed by atoms with van der Waals surface area (Å²) in [6.07, 6.45) is -5.62. The highest BCUT2D eigenvalue weighted by molar-refractivity contribution is 5.96. The Hall–Kier alpha value is -3.99. The predicted molar refractivity (Wildman–Crippen MR) is 138 cm³/mol. The third-order valence-electron chi connectivity index (χ3n) is 6.88. The Morgan fingerprint density at radius 1 is 0.825 bits per heavy atom. The number of halogens is 6. The third-order valence-corrected chi connectivity index (χ3v) is 6.88. The van der Waals surface area contributed by atoms with Crippen molar-refractivity contribution >= 4 is 23.4 Å². The number of amides is 1. The highest BCUT2D eigenvalue weighted by Crippen LogP contribution is 2.40. The number of para-hydroxylation sites is 1. The van der Waals surface area contributed by atoms with E-state index < -0.39 is 29.8 Å². The van der Waals surface area contributed by atoms with E-state index in [2.05, 4.69) is 4.74 Å². The summed E-state index contributed by atoms with van der Waals surface area (Å²) in [5, 5.41) is 0. The standard InChI is InChI=1S/C29H25F6N3O2/c30-28(31,32)23-10-7-20(8-11-23)19-36-14-16-37(17-15-36)27(39)22-9-12-25(26(18-22)40-29(33,34)35)38-13-3-5-21-4-1-2-6-24(21)38/h1-12,18H,13-17,19H2. The number of piperazine rings is 1. The molecule has 3 aromatic rings. The molecule has 0 aromatic heterocycles. The molecule has 5 rings (SSSR count). The smallest absolute Gasteiger partial charge is 0.404 e. The van der Waals surface area contributed by atoms with Gasteiger partial charge < -0.3 is 14.5 Å². The van der Waals surface area contributed by atoms with Crippen LogP contribution < -0.4 is 9.64 Å². The molecule has 0 radical (unpaired) electrons. The molecule has 0 bridgehead atoms. The van der Waals surface area contributed by atoms with E-state index in [1.54, 1.807) is 21.9 Å². The number of hydrogen-bond acceptors (Lipinski definition) is 4. The molecule has 0 atom stereocenters. The lowest BCUT2D eigenvalue weighted by Crippen LogP contribution is -2.48. The van der Waals surface area contributed by atoms with E-state index in [0.717, 1.165) is 29.4 Å². The zero-order valence-electron chi connectivity index (χ0n) is 21.2. The molecule has 11 heteroatoms. The fourth-order valence-electron chi connectivity index (χ4n) is 4.91. The van der Waals surface area contributed by atoms with Crippen LogP contribution in [0.15, 0.2) is 72.8 Å². The first kappa shape index (κ1) is 27.6. The molecule has 210 valence electrons. The Kier molecular flexibility index (Phi) is 7.50. The number of benzene rings is 3. The molecule has 2 aliphatic rings. The SMILES string of the molecule is O=C(c1ccc(N2CC=Cc3ccccc32)c(OC(F)(F)F)c1)N1CCN(Cc2ccc(C(F)(F)F)cc2)CC1. The second-order valence-corrected chi connectivity index (χ2v) is 9.57. The van der Waals surface area contributed by atoms with Crippen LogP contribution in [-0.2, 0) is 12.7 Å². The van der Waals surface area contributed by atoms with Gasteiger partial charge in [-0.1, -0.05) is 42.5 Å². The van der Waals surface area contributed by atoms with Gasteiger partial charge in [0.1, 0.15) is 0 Å². The molecule has 0 N–H and O–H groups in total. The fourth-order valence-corrected chi connectivity index (χ4v) is 4.91. The van der Waals surface area contributed by atoms with Crippen LogP contribution in [0, 0.1) is 0 Å². The van der Waals surface area contributed by atoms with Crippen LogP contribution in [0.4, 0.5) is 37.7 Å². The van der Waals surface area contributed by atoms with E-state index in [1.165, 1.54) is 24.3 Å². The van der Waals surface area contributed by atoms with Crippen molar-refractivity contribution in [3.05, 3.63) is 95.1 Å². The van der Waals surface area contributed by atoms with Crippen molar-refractivity contribution in [3.63, 3.8) is 0 Å². The van der Waals surface area contributed by atoms with Crippen molar-refractivity contribution in [3.8, 4) is 5.75 Å². The molecule has 5 nitrogen and oxygen atoms in total. The molecule has 40 heavy (non-hydrogen) atoms. The number of fused-ring (bicyclic) bond motifs is 1. The Morgan fingerprint density at radius 3 is 2.20 bits per heavy atom. The van der Waals surface area contributed by atoms with Crippen LogP contribution in [0.5, 0.6) is 5.75 Å². The largest absolute Gasteiger partial charge is 0.573 e. The van der Waals surface area contributed by atoms with Crippen LogP contribution in [0.2, 0.25) is 0 Å². The molecule has 1 fully saturated rings. The highest BCUT2D eigenvalue weighted by Gasteiger charge is 2.34.